The molecule has 0 aliphatic carbocycles. The number of carbonyl (C=O) groups excluding carboxylic acids is 2. The first-order chi connectivity index (χ1) is 9.61. The van der Waals surface area contributed by atoms with Gasteiger partial charge in [0.05, 0.1) is 19.0 Å². The Bertz CT molecular complexity index is 592. The van der Waals surface area contributed by atoms with E-state index in [1.807, 2.05) is 12.3 Å². The Balaban J connectivity index is 2.10. The number of amides is 1. The molecular formula is C13H15N3O3S. The third kappa shape index (κ3) is 3.24. The van der Waals surface area contributed by atoms with Crippen LogP contribution in [-0.4, -0.2) is 35.0 Å². The van der Waals surface area contributed by atoms with Gasteiger partial charge in [0.15, 0.2) is 0 Å². The number of hydrogen-bond donors (Lipinski definition) is 2. The first kappa shape index (κ1) is 14.3. The molecule has 0 aliphatic heterocycles. The van der Waals surface area contributed by atoms with Crippen LogP contribution in [0.4, 0.5) is 0 Å². The molecule has 0 spiro atoms. The van der Waals surface area contributed by atoms with Gasteiger partial charge in [-0.05, 0) is 17.9 Å². The minimum absolute atomic E-state index is 0.279. The Hall–Kier alpha value is -2.15. The van der Waals surface area contributed by atoms with Gasteiger partial charge in [0.2, 0.25) is 0 Å². The molecule has 0 aromatic carbocycles. The van der Waals surface area contributed by atoms with Crippen molar-refractivity contribution >= 4 is 23.2 Å². The maximum atomic E-state index is 12.1. The van der Waals surface area contributed by atoms with Crippen LogP contribution in [0.5, 0.6) is 0 Å². The second kappa shape index (κ2) is 6.33. The van der Waals surface area contributed by atoms with Crippen LogP contribution in [0.25, 0.3) is 0 Å². The molecule has 2 aromatic heterocycles. The number of aromatic amines is 1. The molecular weight excluding hydrogens is 278 g/mol. The van der Waals surface area contributed by atoms with E-state index in [0.717, 1.165) is 11.3 Å². The number of imidazole rings is 1. The van der Waals surface area contributed by atoms with E-state index >= 15 is 0 Å². The molecule has 2 rings (SSSR count). The zero-order valence-corrected chi connectivity index (χ0v) is 12.0. The van der Waals surface area contributed by atoms with E-state index in [4.69, 9.17) is 4.74 Å². The maximum Gasteiger partial charge on any atom is 0.328 e. The number of esters is 1. The van der Waals surface area contributed by atoms with Crippen LogP contribution in [-0.2, 0) is 16.0 Å². The van der Waals surface area contributed by atoms with E-state index in [1.165, 1.54) is 24.8 Å². The van der Waals surface area contributed by atoms with Crippen LogP contribution >= 0.6 is 11.3 Å². The molecule has 0 radical (unpaired) electrons. The van der Waals surface area contributed by atoms with E-state index in [9.17, 15) is 9.59 Å². The van der Waals surface area contributed by atoms with E-state index < -0.39 is 12.0 Å². The van der Waals surface area contributed by atoms with Crippen molar-refractivity contribution in [2.45, 2.75) is 19.4 Å². The second-order valence-corrected chi connectivity index (χ2v) is 5.04. The average molecular weight is 293 g/mol. The number of aryl methyl sites for hydroxylation is 1. The predicted octanol–water partition coefficient (Wildman–Crippen LogP) is 1.29. The molecule has 0 saturated heterocycles. The van der Waals surface area contributed by atoms with Gasteiger partial charge in [0, 0.05) is 23.7 Å². The summed E-state index contributed by atoms with van der Waals surface area (Å²) in [6.07, 6.45) is 3.44. The van der Waals surface area contributed by atoms with Gasteiger partial charge in [-0.3, -0.25) is 4.79 Å². The monoisotopic (exact) mass is 293 g/mol. The number of rotatable bonds is 5. The van der Waals surface area contributed by atoms with Crippen LogP contribution in [0, 0.1) is 6.92 Å². The van der Waals surface area contributed by atoms with Crippen molar-refractivity contribution in [1.29, 1.82) is 0 Å². The molecule has 0 bridgehead atoms. The molecule has 0 aliphatic rings. The van der Waals surface area contributed by atoms with Crippen molar-refractivity contribution in [2.75, 3.05) is 7.11 Å². The van der Waals surface area contributed by atoms with Gasteiger partial charge in [-0.1, -0.05) is 0 Å². The van der Waals surface area contributed by atoms with Crippen molar-refractivity contribution in [3.63, 3.8) is 0 Å². The zero-order chi connectivity index (χ0) is 14.5. The van der Waals surface area contributed by atoms with Crippen molar-refractivity contribution in [3.05, 3.63) is 40.1 Å². The van der Waals surface area contributed by atoms with Crippen molar-refractivity contribution < 1.29 is 14.3 Å². The highest BCUT2D eigenvalue weighted by molar-refractivity contribution is 7.08. The molecule has 0 fully saturated rings. The molecule has 2 N–H and O–H groups in total. The van der Waals surface area contributed by atoms with Crippen LogP contribution in [0.1, 0.15) is 21.6 Å². The van der Waals surface area contributed by atoms with E-state index in [-0.39, 0.29) is 5.91 Å². The van der Waals surface area contributed by atoms with E-state index in [1.54, 1.807) is 11.6 Å². The smallest absolute Gasteiger partial charge is 0.328 e. The van der Waals surface area contributed by atoms with Crippen molar-refractivity contribution in [3.8, 4) is 0 Å². The van der Waals surface area contributed by atoms with E-state index in [0.29, 0.717) is 12.0 Å². The van der Waals surface area contributed by atoms with Gasteiger partial charge in [-0.2, -0.15) is 11.3 Å². The minimum atomic E-state index is -0.743. The second-order valence-electron chi connectivity index (χ2n) is 4.30. The lowest BCUT2D eigenvalue weighted by Gasteiger charge is -2.15. The standard InChI is InChI=1S/C13H15N3O3S/c1-8-5-20-6-10(8)12(17)16-11(13(18)19-2)3-9-4-14-7-15-9/h4-7,11H,3H2,1-2H3,(H,14,15)(H,16,17)/t11-/m0/s1. The third-order valence-electron chi connectivity index (χ3n) is 2.87. The van der Waals surface area contributed by atoms with Gasteiger partial charge < -0.3 is 15.0 Å². The lowest BCUT2D eigenvalue weighted by molar-refractivity contribution is -0.142. The van der Waals surface area contributed by atoms with Crippen LogP contribution in [0.3, 0.4) is 0 Å². The number of hydrogen-bond acceptors (Lipinski definition) is 5. The fraction of sp³-hybridized carbons (Fsp3) is 0.308. The number of methoxy groups -OCH3 is 1. The molecule has 106 valence electrons. The number of ether oxygens (including phenoxy) is 1. The fourth-order valence-electron chi connectivity index (χ4n) is 1.78. The Morgan fingerprint density at radius 1 is 1.50 bits per heavy atom. The number of nitrogens with one attached hydrogen (secondary N) is 2. The summed E-state index contributed by atoms with van der Waals surface area (Å²) in [6.45, 7) is 1.85. The van der Waals surface area contributed by atoms with Gasteiger partial charge >= 0.3 is 5.97 Å². The van der Waals surface area contributed by atoms with Gasteiger partial charge in [-0.15, -0.1) is 0 Å². The third-order valence-corrected chi connectivity index (χ3v) is 3.73. The summed E-state index contributed by atoms with van der Waals surface area (Å²) >= 11 is 1.45. The lowest BCUT2D eigenvalue weighted by Crippen LogP contribution is -2.43. The highest BCUT2D eigenvalue weighted by Gasteiger charge is 2.23. The van der Waals surface area contributed by atoms with Crippen molar-refractivity contribution in [2.24, 2.45) is 0 Å². The summed E-state index contributed by atoms with van der Waals surface area (Å²) in [7, 11) is 1.30. The maximum absolute atomic E-state index is 12.1. The van der Waals surface area contributed by atoms with Gasteiger partial charge in [0.25, 0.3) is 5.91 Å². The Morgan fingerprint density at radius 2 is 2.30 bits per heavy atom. The van der Waals surface area contributed by atoms with E-state index in [2.05, 4.69) is 15.3 Å². The molecule has 0 unspecified atom stereocenters. The van der Waals surface area contributed by atoms with Gasteiger partial charge in [-0.25, -0.2) is 9.78 Å². The largest absolute Gasteiger partial charge is 0.467 e. The fourth-order valence-corrected chi connectivity index (χ4v) is 2.61. The van der Waals surface area contributed by atoms with Crippen LogP contribution < -0.4 is 5.32 Å². The summed E-state index contributed by atoms with van der Waals surface area (Å²) in [5, 5.41) is 6.34. The number of thiophene rings is 1. The number of nitrogens with zero attached hydrogens (tertiary/aromatic N) is 1. The topological polar surface area (TPSA) is 84.1 Å². The number of aromatic nitrogens is 2. The normalized spacial score (nSPS) is 11.9. The first-order valence-corrected chi connectivity index (χ1v) is 6.95. The Morgan fingerprint density at radius 3 is 2.85 bits per heavy atom. The quantitative estimate of drug-likeness (QED) is 0.814. The molecule has 6 nitrogen and oxygen atoms in total. The Labute approximate surface area is 120 Å². The molecule has 2 heterocycles. The summed E-state index contributed by atoms with van der Waals surface area (Å²) in [6, 6.07) is -0.743. The summed E-state index contributed by atoms with van der Waals surface area (Å²) in [5.41, 5.74) is 2.22. The molecule has 1 atom stereocenters. The molecule has 7 heteroatoms. The number of carbonyl (C=O) groups is 2. The molecule has 1 amide bonds. The SMILES string of the molecule is COC(=O)[C@H](Cc1cnc[nH]1)NC(=O)c1cscc1C. The highest BCUT2D eigenvalue weighted by Crippen LogP contribution is 2.14. The van der Waals surface area contributed by atoms with Gasteiger partial charge in [0.1, 0.15) is 6.04 Å². The number of H-pyrrole nitrogens is 1. The molecule has 0 saturated carbocycles. The predicted molar refractivity (Wildman–Crippen MR) is 74.6 cm³/mol. The minimum Gasteiger partial charge on any atom is -0.467 e. The van der Waals surface area contributed by atoms with Crippen LogP contribution in [0.15, 0.2) is 23.3 Å². The Kier molecular flexibility index (Phi) is 4.52. The summed E-state index contributed by atoms with van der Waals surface area (Å²) in [5.74, 6) is -0.764. The summed E-state index contributed by atoms with van der Waals surface area (Å²) in [4.78, 5) is 30.7. The lowest BCUT2D eigenvalue weighted by atomic mass is 10.1. The zero-order valence-electron chi connectivity index (χ0n) is 11.2. The summed E-state index contributed by atoms with van der Waals surface area (Å²) < 4.78 is 4.72. The first-order valence-electron chi connectivity index (χ1n) is 6.00. The van der Waals surface area contributed by atoms with Crippen molar-refractivity contribution in [1.82, 2.24) is 15.3 Å². The molecule has 20 heavy (non-hydrogen) atoms. The van der Waals surface area contributed by atoms with Crippen LogP contribution in [0.2, 0.25) is 0 Å². The average Bonchev–Trinajstić information content (AvgIpc) is 3.08. The molecule has 2 aromatic rings. The highest BCUT2D eigenvalue weighted by atomic mass is 32.1.